The number of fused-ring (bicyclic) bond motifs is 1. The fourth-order valence-electron chi connectivity index (χ4n) is 5.56. The molecule has 9 heteroatoms. The van der Waals surface area contributed by atoms with Gasteiger partial charge in [-0.25, -0.2) is 0 Å². The molecule has 2 heterocycles. The molecule has 0 bridgehead atoms. The predicted molar refractivity (Wildman–Crippen MR) is 151 cm³/mol. The van der Waals surface area contributed by atoms with Gasteiger partial charge >= 0.3 is 12.1 Å². The minimum atomic E-state index is -4.51. The fraction of sp³-hybridized carbons (Fsp3) is 0.312. The molecule has 41 heavy (non-hydrogen) atoms. The first-order valence-corrected chi connectivity index (χ1v) is 13.7. The number of amides is 1. The van der Waals surface area contributed by atoms with E-state index in [-0.39, 0.29) is 23.4 Å². The summed E-state index contributed by atoms with van der Waals surface area (Å²) < 4.78 is 47.4. The van der Waals surface area contributed by atoms with Crippen LogP contribution in [-0.4, -0.2) is 47.0 Å². The van der Waals surface area contributed by atoms with E-state index in [1.165, 1.54) is 18.6 Å². The Labute approximate surface area is 236 Å². The van der Waals surface area contributed by atoms with Crippen LogP contribution in [0.4, 0.5) is 13.2 Å². The van der Waals surface area contributed by atoms with Gasteiger partial charge in [-0.1, -0.05) is 36.4 Å². The first-order valence-electron chi connectivity index (χ1n) is 13.7. The van der Waals surface area contributed by atoms with Gasteiger partial charge in [-0.15, -0.1) is 0 Å². The summed E-state index contributed by atoms with van der Waals surface area (Å²) in [5.41, 5.74) is 2.18. The molecule has 0 saturated carbocycles. The molecule has 1 N–H and O–H groups in total. The van der Waals surface area contributed by atoms with E-state index < -0.39 is 17.7 Å². The van der Waals surface area contributed by atoms with Crippen LogP contribution in [0.3, 0.4) is 0 Å². The Morgan fingerprint density at radius 1 is 0.976 bits per heavy atom. The smallest absolute Gasteiger partial charge is 0.416 e. The number of benzene rings is 3. The monoisotopic (exact) mass is 563 g/mol. The molecule has 5 rings (SSSR count). The number of rotatable bonds is 7. The summed E-state index contributed by atoms with van der Waals surface area (Å²) >= 11 is 0. The van der Waals surface area contributed by atoms with Crippen LogP contribution in [0, 0.1) is 6.92 Å². The van der Waals surface area contributed by atoms with Crippen LogP contribution in [0.5, 0.6) is 5.75 Å². The van der Waals surface area contributed by atoms with Crippen LogP contribution in [-0.2, 0) is 17.4 Å². The highest BCUT2D eigenvalue weighted by Crippen LogP contribution is 2.35. The maximum absolute atomic E-state index is 13.7. The molecule has 6 nitrogen and oxygen atoms in total. The Bertz CT molecular complexity index is 1560. The van der Waals surface area contributed by atoms with E-state index in [0.717, 1.165) is 51.0 Å². The molecule has 0 atom stereocenters. The van der Waals surface area contributed by atoms with Gasteiger partial charge in [0.1, 0.15) is 5.75 Å². The third kappa shape index (κ3) is 6.46. The molecule has 1 fully saturated rings. The average Bonchev–Trinajstić information content (AvgIpc) is 3.23. The SMILES string of the molecule is CC(=O)Oc1ccc2c(c1)c(C(=O)NC1CCN(CCc3ccccc3)CC1)c(C)n2-c1cccc(C(F)(F)F)c1. The Hall–Kier alpha value is -4.11. The molecule has 1 aliphatic rings. The average molecular weight is 564 g/mol. The number of alkyl halides is 3. The van der Waals surface area contributed by atoms with Gasteiger partial charge in [0.15, 0.2) is 0 Å². The van der Waals surface area contributed by atoms with Gasteiger partial charge < -0.3 is 19.5 Å². The van der Waals surface area contributed by atoms with Crippen molar-refractivity contribution in [2.75, 3.05) is 19.6 Å². The van der Waals surface area contributed by atoms with Crippen LogP contribution >= 0.6 is 0 Å². The molecule has 1 aliphatic heterocycles. The molecule has 1 amide bonds. The van der Waals surface area contributed by atoms with Crippen LogP contribution in [0.15, 0.2) is 72.8 Å². The van der Waals surface area contributed by atoms with Gasteiger partial charge in [-0.2, -0.15) is 13.2 Å². The lowest BCUT2D eigenvalue weighted by molar-refractivity contribution is -0.137. The largest absolute Gasteiger partial charge is 0.427 e. The third-order valence-corrected chi connectivity index (χ3v) is 7.58. The van der Waals surface area contributed by atoms with Crippen molar-refractivity contribution < 1.29 is 27.5 Å². The van der Waals surface area contributed by atoms with Crippen LogP contribution in [0.1, 0.15) is 46.9 Å². The Morgan fingerprint density at radius 3 is 2.39 bits per heavy atom. The number of hydrogen-bond acceptors (Lipinski definition) is 4. The van der Waals surface area contributed by atoms with Crippen molar-refractivity contribution in [2.24, 2.45) is 0 Å². The van der Waals surface area contributed by atoms with Crippen molar-refractivity contribution in [1.29, 1.82) is 0 Å². The van der Waals surface area contributed by atoms with Crippen molar-refractivity contribution >= 4 is 22.8 Å². The molecule has 0 radical (unpaired) electrons. The van der Waals surface area contributed by atoms with E-state index >= 15 is 0 Å². The van der Waals surface area contributed by atoms with Gasteiger partial charge in [0.2, 0.25) is 0 Å². The van der Waals surface area contributed by atoms with E-state index in [4.69, 9.17) is 4.74 Å². The zero-order valence-electron chi connectivity index (χ0n) is 23.0. The van der Waals surface area contributed by atoms with Gasteiger partial charge in [0.05, 0.1) is 16.6 Å². The van der Waals surface area contributed by atoms with E-state index in [1.54, 1.807) is 35.8 Å². The summed E-state index contributed by atoms with van der Waals surface area (Å²) in [6, 6.07) is 20.1. The second kappa shape index (κ2) is 11.8. The Balaban J connectivity index is 1.39. The molecular formula is C32H32F3N3O3. The molecule has 4 aromatic rings. The maximum Gasteiger partial charge on any atom is 0.416 e. The fourth-order valence-corrected chi connectivity index (χ4v) is 5.56. The number of hydrogen-bond donors (Lipinski definition) is 1. The molecule has 0 aliphatic carbocycles. The molecule has 214 valence electrons. The number of carbonyl (C=O) groups is 2. The molecular weight excluding hydrogens is 531 g/mol. The maximum atomic E-state index is 13.7. The summed E-state index contributed by atoms with van der Waals surface area (Å²) in [6.07, 6.45) is -1.95. The van der Waals surface area contributed by atoms with Gasteiger partial charge in [0.25, 0.3) is 5.91 Å². The predicted octanol–water partition coefficient (Wildman–Crippen LogP) is 6.32. The zero-order valence-corrected chi connectivity index (χ0v) is 23.0. The number of nitrogens with zero attached hydrogens (tertiary/aromatic N) is 2. The third-order valence-electron chi connectivity index (χ3n) is 7.58. The minimum absolute atomic E-state index is 0.0292. The summed E-state index contributed by atoms with van der Waals surface area (Å²) in [4.78, 5) is 27.7. The van der Waals surface area contributed by atoms with Gasteiger partial charge in [0, 0.05) is 49.4 Å². The topological polar surface area (TPSA) is 63.6 Å². The van der Waals surface area contributed by atoms with Crippen molar-refractivity contribution in [2.45, 2.75) is 45.3 Å². The number of carbonyl (C=O) groups excluding carboxylic acids is 2. The summed E-state index contributed by atoms with van der Waals surface area (Å²) in [5, 5.41) is 3.65. The molecule has 1 aromatic heterocycles. The van der Waals surface area contributed by atoms with Crippen LogP contribution < -0.4 is 10.1 Å². The minimum Gasteiger partial charge on any atom is -0.427 e. The van der Waals surface area contributed by atoms with E-state index in [9.17, 15) is 22.8 Å². The number of piperidine rings is 1. The van der Waals surface area contributed by atoms with E-state index in [0.29, 0.717) is 22.2 Å². The second-order valence-corrected chi connectivity index (χ2v) is 10.4. The first kappa shape index (κ1) is 28.4. The highest BCUT2D eigenvalue weighted by Gasteiger charge is 2.31. The molecule has 0 unspecified atom stereocenters. The summed E-state index contributed by atoms with van der Waals surface area (Å²) in [5.74, 6) is -0.559. The van der Waals surface area contributed by atoms with Gasteiger partial charge in [-0.3, -0.25) is 9.59 Å². The number of esters is 1. The number of halogens is 3. The number of likely N-dealkylation sites (tertiary alicyclic amines) is 1. The lowest BCUT2D eigenvalue weighted by Gasteiger charge is -2.32. The molecule has 1 saturated heterocycles. The van der Waals surface area contributed by atoms with Crippen LogP contribution in [0.25, 0.3) is 16.6 Å². The van der Waals surface area contributed by atoms with Crippen molar-refractivity contribution in [3.05, 3.63) is 95.2 Å². The van der Waals surface area contributed by atoms with E-state index in [2.05, 4.69) is 22.3 Å². The molecule has 0 spiro atoms. The Morgan fingerprint density at radius 2 is 1.71 bits per heavy atom. The van der Waals surface area contributed by atoms with E-state index in [1.807, 2.05) is 18.2 Å². The highest BCUT2D eigenvalue weighted by atomic mass is 19.4. The van der Waals surface area contributed by atoms with Gasteiger partial charge in [-0.05, 0) is 68.1 Å². The number of aromatic nitrogens is 1. The Kier molecular flexibility index (Phi) is 8.17. The number of nitrogens with one attached hydrogen (secondary N) is 1. The van der Waals surface area contributed by atoms with Crippen LogP contribution in [0.2, 0.25) is 0 Å². The standard InChI is InChI=1S/C32H32F3N3O3/c1-21-30(31(40)36-25-14-17-37(18-15-25)16-13-23-7-4-3-5-8-23)28-20-27(41-22(2)39)11-12-29(28)38(21)26-10-6-9-24(19-26)32(33,34)35/h3-12,19-20,25H,13-18H2,1-2H3,(H,36,40). The lowest BCUT2D eigenvalue weighted by atomic mass is 10.0. The quantitative estimate of drug-likeness (QED) is 0.211. The van der Waals surface area contributed by atoms with Crippen molar-refractivity contribution in [3.63, 3.8) is 0 Å². The number of ether oxygens (including phenoxy) is 1. The summed E-state index contributed by atoms with van der Waals surface area (Å²) in [6.45, 7) is 5.67. The van der Waals surface area contributed by atoms with Crippen molar-refractivity contribution in [1.82, 2.24) is 14.8 Å². The lowest BCUT2D eigenvalue weighted by Crippen LogP contribution is -2.45. The highest BCUT2D eigenvalue weighted by molar-refractivity contribution is 6.09. The normalized spacial score (nSPS) is 14.8. The molecule has 3 aromatic carbocycles. The van der Waals surface area contributed by atoms with Crippen molar-refractivity contribution in [3.8, 4) is 11.4 Å². The first-order chi connectivity index (χ1) is 19.6. The summed E-state index contributed by atoms with van der Waals surface area (Å²) in [7, 11) is 0. The zero-order chi connectivity index (χ0) is 29.1. The second-order valence-electron chi connectivity index (χ2n) is 10.4.